The molecule has 0 amide bonds. The molecule has 3 heteroatoms. The summed E-state index contributed by atoms with van der Waals surface area (Å²) in [5.41, 5.74) is 1.08. The smallest absolute Gasteiger partial charge is 0.129 e. The summed E-state index contributed by atoms with van der Waals surface area (Å²) in [4.78, 5) is 10.5. The lowest BCUT2D eigenvalue weighted by Crippen LogP contribution is -1.86. The number of benzene rings is 1. The van der Waals surface area contributed by atoms with Gasteiger partial charge >= 0.3 is 0 Å². The summed E-state index contributed by atoms with van der Waals surface area (Å²) in [6.45, 7) is 0. The Morgan fingerprint density at radius 1 is 1.43 bits per heavy atom. The molecule has 3 nitrogen and oxygen atoms in total. The number of nitrogens with zero attached hydrogens (tertiary/aromatic N) is 1. The Morgan fingerprint density at radius 3 is 2.50 bits per heavy atom. The van der Waals surface area contributed by atoms with Gasteiger partial charge in [0, 0.05) is 0 Å². The van der Waals surface area contributed by atoms with Crippen molar-refractivity contribution < 1.29 is 9.53 Å². The molecule has 0 aliphatic rings. The van der Waals surface area contributed by atoms with E-state index in [0.717, 1.165) is 5.75 Å². The van der Waals surface area contributed by atoms with E-state index in [9.17, 15) is 4.79 Å². The van der Waals surface area contributed by atoms with Crippen LogP contribution in [0.15, 0.2) is 24.3 Å². The molecular weight excluding hydrogens is 178 g/mol. The Bertz CT molecular complexity index is 394. The van der Waals surface area contributed by atoms with Crippen LogP contribution in [0.2, 0.25) is 0 Å². The molecule has 1 aromatic carbocycles. The third-order valence-corrected chi connectivity index (χ3v) is 1.82. The van der Waals surface area contributed by atoms with Crippen LogP contribution in [0.1, 0.15) is 12.0 Å². The Kier molecular flexibility index (Phi) is 3.49. The molecule has 0 atom stereocenters. The molecule has 0 heterocycles. The second-order valence-corrected chi connectivity index (χ2v) is 2.64. The Morgan fingerprint density at radius 2 is 2.07 bits per heavy atom. The predicted octanol–water partition coefficient (Wildman–Crippen LogP) is 1.82. The van der Waals surface area contributed by atoms with Crippen LogP contribution in [0.3, 0.4) is 0 Å². The van der Waals surface area contributed by atoms with E-state index < -0.39 is 0 Å². The number of allylic oxidation sites excluding steroid dienone is 1. The van der Waals surface area contributed by atoms with Crippen LogP contribution in [0.5, 0.6) is 5.75 Å². The molecule has 0 aromatic heterocycles. The van der Waals surface area contributed by atoms with Crippen molar-refractivity contribution in [2.45, 2.75) is 6.42 Å². The van der Waals surface area contributed by atoms with Gasteiger partial charge in [-0.25, -0.2) is 4.79 Å². The van der Waals surface area contributed by atoms with Crippen molar-refractivity contribution in [2.24, 2.45) is 0 Å². The largest absolute Gasteiger partial charge is 0.497 e. The molecule has 0 aliphatic carbocycles. The SMILES string of the molecule is COc1ccc(C(=C=O)CC#N)cc1. The summed E-state index contributed by atoms with van der Waals surface area (Å²) in [7, 11) is 1.57. The standard InChI is InChI=1S/C11H9NO2/c1-14-11-4-2-9(3-5-11)10(8-13)6-7-12/h2-5H,6H2,1H3. The van der Waals surface area contributed by atoms with E-state index in [1.807, 2.05) is 6.07 Å². The van der Waals surface area contributed by atoms with Crippen molar-refractivity contribution in [3.63, 3.8) is 0 Å². The fraction of sp³-hybridized carbons (Fsp3) is 0.182. The van der Waals surface area contributed by atoms with E-state index in [1.165, 1.54) is 0 Å². The third-order valence-electron chi connectivity index (χ3n) is 1.82. The number of methoxy groups -OCH3 is 1. The number of rotatable bonds is 3. The van der Waals surface area contributed by atoms with Crippen molar-refractivity contribution in [2.75, 3.05) is 7.11 Å². The second-order valence-electron chi connectivity index (χ2n) is 2.64. The minimum absolute atomic E-state index is 0.0792. The van der Waals surface area contributed by atoms with Gasteiger partial charge in [0.1, 0.15) is 11.7 Å². The highest BCUT2D eigenvalue weighted by Crippen LogP contribution is 2.18. The van der Waals surface area contributed by atoms with Gasteiger partial charge in [0.05, 0.1) is 25.2 Å². The van der Waals surface area contributed by atoms with Gasteiger partial charge in [-0.05, 0) is 17.7 Å². The molecule has 0 fully saturated rings. The maximum absolute atomic E-state index is 10.5. The quantitative estimate of drug-likeness (QED) is 0.678. The highest BCUT2D eigenvalue weighted by Gasteiger charge is 2.01. The molecule has 0 unspecified atom stereocenters. The normalized spacial score (nSPS) is 8.57. The van der Waals surface area contributed by atoms with Gasteiger partial charge in [-0.3, -0.25) is 0 Å². The summed E-state index contributed by atoms with van der Waals surface area (Å²) in [5, 5.41) is 8.46. The summed E-state index contributed by atoms with van der Waals surface area (Å²) in [5.74, 6) is 2.48. The summed E-state index contributed by atoms with van der Waals surface area (Å²) in [6.07, 6.45) is 0.0792. The van der Waals surface area contributed by atoms with Crippen molar-refractivity contribution in [1.82, 2.24) is 0 Å². The van der Waals surface area contributed by atoms with E-state index in [4.69, 9.17) is 10.00 Å². The molecule has 0 saturated heterocycles. The molecule has 14 heavy (non-hydrogen) atoms. The molecule has 0 saturated carbocycles. The van der Waals surface area contributed by atoms with Crippen molar-refractivity contribution in [3.05, 3.63) is 29.8 Å². The van der Waals surface area contributed by atoms with Crippen molar-refractivity contribution >= 4 is 11.5 Å². The highest BCUT2D eigenvalue weighted by molar-refractivity contribution is 5.88. The number of hydrogen-bond acceptors (Lipinski definition) is 3. The average molecular weight is 187 g/mol. The summed E-state index contributed by atoms with van der Waals surface area (Å²) >= 11 is 0. The molecule has 0 aliphatic heterocycles. The third kappa shape index (κ3) is 2.22. The Hall–Kier alpha value is -2.04. The van der Waals surface area contributed by atoms with E-state index in [2.05, 4.69) is 0 Å². The number of hydrogen-bond donors (Lipinski definition) is 0. The molecule has 0 radical (unpaired) electrons. The maximum Gasteiger partial charge on any atom is 0.129 e. The fourth-order valence-electron chi connectivity index (χ4n) is 1.07. The maximum atomic E-state index is 10.5. The number of nitriles is 1. The molecule has 1 aromatic rings. The first-order valence-electron chi connectivity index (χ1n) is 4.07. The Balaban J connectivity index is 2.97. The fourth-order valence-corrected chi connectivity index (χ4v) is 1.07. The minimum atomic E-state index is 0.0792. The van der Waals surface area contributed by atoms with Crippen LogP contribution in [-0.4, -0.2) is 13.1 Å². The van der Waals surface area contributed by atoms with Crippen molar-refractivity contribution in [3.8, 4) is 11.8 Å². The Labute approximate surface area is 82.2 Å². The predicted molar refractivity (Wildman–Crippen MR) is 52.3 cm³/mol. The molecule has 0 bridgehead atoms. The van der Waals surface area contributed by atoms with Gasteiger partial charge in [-0.1, -0.05) is 12.1 Å². The first-order valence-corrected chi connectivity index (χ1v) is 4.07. The summed E-state index contributed by atoms with van der Waals surface area (Å²) < 4.78 is 4.97. The van der Waals surface area contributed by atoms with Gasteiger partial charge in [-0.2, -0.15) is 5.26 Å². The van der Waals surface area contributed by atoms with Crippen LogP contribution < -0.4 is 4.74 Å². The first kappa shape index (κ1) is 10.0. The van der Waals surface area contributed by atoms with Crippen molar-refractivity contribution in [1.29, 1.82) is 5.26 Å². The zero-order valence-corrected chi connectivity index (χ0v) is 7.78. The van der Waals surface area contributed by atoms with E-state index in [0.29, 0.717) is 11.1 Å². The minimum Gasteiger partial charge on any atom is -0.497 e. The van der Waals surface area contributed by atoms with E-state index >= 15 is 0 Å². The van der Waals surface area contributed by atoms with Gasteiger partial charge in [0.25, 0.3) is 0 Å². The molecular formula is C11H9NO2. The lowest BCUT2D eigenvalue weighted by atomic mass is 10.1. The second kappa shape index (κ2) is 4.86. The van der Waals surface area contributed by atoms with Crippen LogP contribution >= 0.6 is 0 Å². The average Bonchev–Trinajstić information content (AvgIpc) is 2.26. The van der Waals surface area contributed by atoms with E-state index in [1.54, 1.807) is 37.3 Å². The monoisotopic (exact) mass is 187 g/mol. The van der Waals surface area contributed by atoms with Crippen LogP contribution in [0, 0.1) is 11.3 Å². The molecule has 0 spiro atoms. The lowest BCUT2D eigenvalue weighted by molar-refractivity contribution is 0.415. The number of carbonyl (C=O) groups excluding carboxylic acids is 1. The first-order chi connectivity index (χ1) is 6.81. The molecule has 1 rings (SSSR count). The van der Waals surface area contributed by atoms with Gasteiger partial charge < -0.3 is 4.74 Å². The molecule has 70 valence electrons. The van der Waals surface area contributed by atoms with Gasteiger partial charge in [0.2, 0.25) is 0 Å². The van der Waals surface area contributed by atoms with Gasteiger partial charge in [0.15, 0.2) is 0 Å². The zero-order chi connectivity index (χ0) is 10.4. The number of ether oxygens (including phenoxy) is 1. The summed E-state index contributed by atoms with van der Waals surface area (Å²) in [6, 6.07) is 8.86. The topological polar surface area (TPSA) is 50.1 Å². The highest BCUT2D eigenvalue weighted by atomic mass is 16.5. The van der Waals surface area contributed by atoms with Crippen LogP contribution in [0.25, 0.3) is 5.57 Å². The lowest BCUT2D eigenvalue weighted by Gasteiger charge is -2.01. The van der Waals surface area contributed by atoms with Crippen LogP contribution in [0.4, 0.5) is 0 Å². The van der Waals surface area contributed by atoms with E-state index in [-0.39, 0.29) is 6.42 Å². The van der Waals surface area contributed by atoms with Crippen LogP contribution in [-0.2, 0) is 4.79 Å². The zero-order valence-electron chi connectivity index (χ0n) is 7.78. The van der Waals surface area contributed by atoms with Gasteiger partial charge in [-0.15, -0.1) is 0 Å². The molecule has 0 N–H and O–H groups in total.